The Morgan fingerprint density at radius 1 is 1.37 bits per heavy atom. The average molecular weight is 267 g/mol. The largest absolute Gasteiger partial charge is 0.359 e. The van der Waals surface area contributed by atoms with E-state index in [-0.39, 0.29) is 23.8 Å². The van der Waals surface area contributed by atoms with E-state index < -0.39 is 5.41 Å². The summed E-state index contributed by atoms with van der Waals surface area (Å²) in [6.07, 6.45) is 4.56. The topological polar surface area (TPSA) is 75.4 Å². The van der Waals surface area contributed by atoms with Gasteiger partial charge in [0.05, 0.1) is 5.41 Å². The summed E-state index contributed by atoms with van der Waals surface area (Å²) in [6.45, 7) is 3.16. The third-order valence-corrected chi connectivity index (χ3v) is 4.62. The molecule has 5 nitrogen and oxygen atoms in total. The van der Waals surface area contributed by atoms with Gasteiger partial charge in [-0.15, -0.1) is 0 Å². The van der Waals surface area contributed by atoms with E-state index in [4.69, 9.17) is 5.73 Å². The van der Waals surface area contributed by atoms with Crippen molar-refractivity contribution in [3.8, 4) is 0 Å². The van der Waals surface area contributed by atoms with Crippen LogP contribution in [0.4, 0.5) is 0 Å². The molecule has 0 radical (unpaired) electrons. The van der Waals surface area contributed by atoms with Gasteiger partial charge in [-0.05, 0) is 32.6 Å². The van der Waals surface area contributed by atoms with Crippen molar-refractivity contribution in [2.45, 2.75) is 45.1 Å². The van der Waals surface area contributed by atoms with E-state index >= 15 is 0 Å². The Hall–Kier alpha value is -1.10. The van der Waals surface area contributed by atoms with Gasteiger partial charge in [0.15, 0.2) is 0 Å². The van der Waals surface area contributed by atoms with Crippen LogP contribution in [0.1, 0.15) is 39.0 Å². The van der Waals surface area contributed by atoms with Gasteiger partial charge in [0.1, 0.15) is 0 Å². The summed E-state index contributed by atoms with van der Waals surface area (Å²) in [4.78, 5) is 26.2. The van der Waals surface area contributed by atoms with E-state index in [1.165, 1.54) is 0 Å². The molecule has 1 heterocycles. The lowest BCUT2D eigenvalue weighted by atomic mass is 9.85. The summed E-state index contributed by atoms with van der Waals surface area (Å²) in [5.74, 6) is 0.293. The number of nitrogens with zero attached hydrogens (tertiary/aromatic N) is 1. The summed E-state index contributed by atoms with van der Waals surface area (Å²) < 4.78 is 0. The van der Waals surface area contributed by atoms with Crippen LogP contribution < -0.4 is 11.1 Å². The van der Waals surface area contributed by atoms with Crippen LogP contribution in [0.3, 0.4) is 0 Å². The van der Waals surface area contributed by atoms with Crippen molar-refractivity contribution < 1.29 is 9.59 Å². The van der Waals surface area contributed by atoms with Crippen molar-refractivity contribution in [3.63, 3.8) is 0 Å². The Morgan fingerprint density at radius 3 is 2.74 bits per heavy atom. The molecule has 0 bridgehead atoms. The first-order valence-electron chi connectivity index (χ1n) is 7.23. The van der Waals surface area contributed by atoms with Crippen LogP contribution in [-0.4, -0.2) is 42.9 Å². The van der Waals surface area contributed by atoms with Gasteiger partial charge in [0.25, 0.3) is 0 Å². The first-order valence-corrected chi connectivity index (χ1v) is 7.23. The zero-order valence-corrected chi connectivity index (χ0v) is 11.9. The van der Waals surface area contributed by atoms with Gasteiger partial charge >= 0.3 is 0 Å². The molecule has 3 unspecified atom stereocenters. The Bertz CT molecular complexity index is 372. The molecular formula is C14H25N3O2. The molecule has 108 valence electrons. The molecule has 5 heteroatoms. The molecule has 3 N–H and O–H groups in total. The van der Waals surface area contributed by atoms with E-state index in [0.29, 0.717) is 13.1 Å². The number of carbonyl (C=O) groups excluding carboxylic acids is 2. The molecule has 3 atom stereocenters. The van der Waals surface area contributed by atoms with Crippen LogP contribution in [0.25, 0.3) is 0 Å². The third kappa shape index (κ3) is 2.91. The summed E-state index contributed by atoms with van der Waals surface area (Å²) >= 11 is 0. The molecular weight excluding hydrogens is 242 g/mol. The van der Waals surface area contributed by atoms with Crippen LogP contribution >= 0.6 is 0 Å². The lowest BCUT2D eigenvalue weighted by molar-refractivity contribution is -0.136. The number of nitrogens with two attached hydrogens (primary N) is 1. The number of hydrogen-bond acceptors (Lipinski definition) is 3. The predicted molar refractivity (Wildman–Crippen MR) is 73.3 cm³/mol. The molecule has 0 aromatic carbocycles. The number of likely N-dealkylation sites (tertiary alicyclic amines) is 1. The predicted octanol–water partition coefficient (Wildman–Crippen LogP) is 0.489. The van der Waals surface area contributed by atoms with Crippen LogP contribution in [-0.2, 0) is 9.59 Å². The standard InChI is InChI=1S/C14H25N3O2/c1-14(13(19)16-2)6-7-17(9-14)12(18)10-4-3-5-11(15)8-10/h10-11H,3-9,15H2,1-2H3,(H,16,19). The molecule has 1 saturated heterocycles. The van der Waals surface area contributed by atoms with E-state index in [1.54, 1.807) is 7.05 Å². The van der Waals surface area contributed by atoms with Gasteiger partial charge in [-0.1, -0.05) is 6.42 Å². The molecule has 1 saturated carbocycles. The van der Waals surface area contributed by atoms with Gasteiger partial charge in [0.2, 0.25) is 11.8 Å². The number of amides is 2. The van der Waals surface area contributed by atoms with Gasteiger partial charge in [-0.2, -0.15) is 0 Å². The number of nitrogens with one attached hydrogen (secondary N) is 1. The minimum absolute atomic E-state index is 0.0307. The summed E-state index contributed by atoms with van der Waals surface area (Å²) in [5.41, 5.74) is 5.52. The second kappa shape index (κ2) is 5.49. The molecule has 0 aromatic rings. The van der Waals surface area contributed by atoms with Crippen molar-refractivity contribution in [2.75, 3.05) is 20.1 Å². The zero-order chi connectivity index (χ0) is 14.0. The molecule has 19 heavy (non-hydrogen) atoms. The molecule has 0 spiro atoms. The second-order valence-corrected chi connectivity index (χ2v) is 6.27. The van der Waals surface area contributed by atoms with Crippen molar-refractivity contribution in [2.24, 2.45) is 17.1 Å². The maximum atomic E-state index is 12.5. The van der Waals surface area contributed by atoms with E-state index in [1.807, 2.05) is 11.8 Å². The normalized spacial score (nSPS) is 35.2. The minimum atomic E-state index is -0.429. The molecule has 0 aromatic heterocycles. The zero-order valence-electron chi connectivity index (χ0n) is 11.9. The van der Waals surface area contributed by atoms with Crippen molar-refractivity contribution in [1.29, 1.82) is 0 Å². The van der Waals surface area contributed by atoms with Gasteiger partial charge in [-0.25, -0.2) is 0 Å². The Balaban J connectivity index is 1.96. The molecule has 1 aliphatic heterocycles. The fraction of sp³-hybridized carbons (Fsp3) is 0.857. The van der Waals surface area contributed by atoms with Crippen molar-refractivity contribution >= 4 is 11.8 Å². The maximum Gasteiger partial charge on any atom is 0.227 e. The number of hydrogen-bond donors (Lipinski definition) is 2. The van der Waals surface area contributed by atoms with Gasteiger partial charge in [-0.3, -0.25) is 9.59 Å². The average Bonchev–Trinajstić information content (AvgIpc) is 2.81. The number of carbonyl (C=O) groups is 2. The van der Waals surface area contributed by atoms with E-state index in [2.05, 4.69) is 5.32 Å². The van der Waals surface area contributed by atoms with Crippen LogP contribution in [0.2, 0.25) is 0 Å². The quantitative estimate of drug-likeness (QED) is 0.764. The molecule has 2 aliphatic rings. The van der Waals surface area contributed by atoms with E-state index in [9.17, 15) is 9.59 Å². The van der Waals surface area contributed by atoms with Crippen molar-refractivity contribution in [3.05, 3.63) is 0 Å². The lowest BCUT2D eigenvalue weighted by Gasteiger charge is -2.30. The van der Waals surface area contributed by atoms with E-state index in [0.717, 1.165) is 32.1 Å². The highest BCUT2D eigenvalue weighted by Gasteiger charge is 2.43. The minimum Gasteiger partial charge on any atom is -0.359 e. The molecule has 2 fully saturated rings. The van der Waals surface area contributed by atoms with Gasteiger partial charge in [0, 0.05) is 32.1 Å². The fourth-order valence-corrected chi connectivity index (χ4v) is 3.35. The number of rotatable bonds is 2. The monoisotopic (exact) mass is 267 g/mol. The van der Waals surface area contributed by atoms with Crippen molar-refractivity contribution in [1.82, 2.24) is 10.2 Å². The first kappa shape index (κ1) is 14.3. The first-order chi connectivity index (χ1) is 8.96. The summed E-state index contributed by atoms with van der Waals surface area (Å²) in [5, 5.41) is 2.70. The van der Waals surface area contributed by atoms with Crippen LogP contribution in [0.15, 0.2) is 0 Å². The highest BCUT2D eigenvalue weighted by atomic mass is 16.2. The maximum absolute atomic E-state index is 12.5. The van der Waals surface area contributed by atoms with Crippen LogP contribution in [0.5, 0.6) is 0 Å². The summed E-state index contributed by atoms with van der Waals surface area (Å²) in [6, 6.07) is 0.163. The van der Waals surface area contributed by atoms with Crippen LogP contribution in [0, 0.1) is 11.3 Å². The van der Waals surface area contributed by atoms with Gasteiger partial charge < -0.3 is 16.0 Å². The SMILES string of the molecule is CNC(=O)C1(C)CCN(C(=O)C2CCCC(N)C2)C1. The smallest absolute Gasteiger partial charge is 0.227 e. The summed E-state index contributed by atoms with van der Waals surface area (Å²) in [7, 11) is 1.65. The molecule has 2 rings (SSSR count). The Labute approximate surface area is 114 Å². The Kier molecular flexibility index (Phi) is 4.13. The fourth-order valence-electron chi connectivity index (χ4n) is 3.35. The highest BCUT2D eigenvalue weighted by Crippen LogP contribution is 2.33. The Morgan fingerprint density at radius 2 is 2.11 bits per heavy atom. The third-order valence-electron chi connectivity index (χ3n) is 4.62. The highest BCUT2D eigenvalue weighted by molar-refractivity contribution is 5.85. The molecule has 1 aliphatic carbocycles. The molecule has 2 amide bonds. The lowest BCUT2D eigenvalue weighted by Crippen LogP contribution is -2.43. The second-order valence-electron chi connectivity index (χ2n) is 6.27.